The summed E-state index contributed by atoms with van der Waals surface area (Å²) in [5, 5.41) is 15.5. The summed E-state index contributed by atoms with van der Waals surface area (Å²) < 4.78 is 11.7. The summed E-state index contributed by atoms with van der Waals surface area (Å²) in [5.41, 5.74) is 0.103. The number of thiophene rings is 1. The van der Waals surface area contributed by atoms with Crippen LogP contribution in [0.5, 0.6) is 5.06 Å². The number of amidine groups is 1. The topological polar surface area (TPSA) is 116 Å². The summed E-state index contributed by atoms with van der Waals surface area (Å²) in [6, 6.07) is 8.62. The lowest BCUT2D eigenvalue weighted by atomic mass is 9.96. The average Bonchev–Trinajstić information content (AvgIpc) is 3.39. The van der Waals surface area contributed by atoms with E-state index in [1.54, 1.807) is 30.3 Å². The summed E-state index contributed by atoms with van der Waals surface area (Å²) in [6.07, 6.45) is 4.31. The maximum absolute atomic E-state index is 13.3. The summed E-state index contributed by atoms with van der Waals surface area (Å²) >= 11 is 11.2. The molecule has 2 heterocycles. The highest BCUT2D eigenvalue weighted by molar-refractivity contribution is 9.11. The first-order chi connectivity index (χ1) is 16.9. The van der Waals surface area contributed by atoms with E-state index in [1.807, 2.05) is 11.1 Å². The number of carbonyl (C=O) groups is 2. The van der Waals surface area contributed by atoms with Gasteiger partial charge in [0.05, 0.1) is 27.7 Å². The molecule has 2 N–H and O–H groups in total. The molecule has 2 aliphatic rings. The zero-order chi connectivity index (χ0) is 24.8. The average molecular weight is 581 g/mol. The Hall–Kier alpha value is -2.65. The minimum Gasteiger partial charge on any atom is -0.399 e. The van der Waals surface area contributed by atoms with Gasteiger partial charge in [0.1, 0.15) is 11.4 Å². The Kier molecular flexibility index (Phi) is 8.28. The van der Waals surface area contributed by atoms with Crippen molar-refractivity contribution in [2.45, 2.75) is 37.6 Å². The Bertz CT molecular complexity index is 1170. The largest absolute Gasteiger partial charge is 0.414 e. The minimum atomic E-state index is -1.06. The summed E-state index contributed by atoms with van der Waals surface area (Å²) in [5.74, 6) is 0.257. The molecule has 0 atom stereocenters. The fourth-order valence-electron chi connectivity index (χ4n) is 4.23. The first-order valence-corrected chi connectivity index (χ1v) is 13.1. The molecule has 1 saturated carbocycles. The van der Waals surface area contributed by atoms with Crippen molar-refractivity contribution in [3.63, 3.8) is 0 Å². The van der Waals surface area contributed by atoms with Gasteiger partial charge in [-0.3, -0.25) is 4.79 Å². The molecule has 1 aliphatic carbocycles. The molecule has 2 fully saturated rings. The van der Waals surface area contributed by atoms with Crippen molar-refractivity contribution in [2.75, 3.05) is 30.0 Å². The van der Waals surface area contributed by atoms with E-state index in [0.29, 0.717) is 66.3 Å². The van der Waals surface area contributed by atoms with Crippen molar-refractivity contribution in [2.24, 2.45) is 4.99 Å². The second kappa shape index (κ2) is 11.4. The molecule has 35 heavy (non-hydrogen) atoms. The van der Waals surface area contributed by atoms with E-state index in [-0.39, 0.29) is 5.91 Å². The van der Waals surface area contributed by atoms with Gasteiger partial charge in [0.2, 0.25) is 12.1 Å². The van der Waals surface area contributed by atoms with Crippen molar-refractivity contribution < 1.29 is 19.1 Å². The number of amides is 2. The molecule has 1 aliphatic heterocycles. The number of nitrogens with one attached hydrogen (secondary N) is 2. The van der Waals surface area contributed by atoms with Crippen molar-refractivity contribution in [3.05, 3.63) is 39.1 Å². The quantitative estimate of drug-likeness (QED) is 0.463. The molecule has 1 aromatic carbocycles. The number of anilines is 2. The zero-order valence-electron chi connectivity index (χ0n) is 18.7. The maximum atomic E-state index is 13.3. The Balaban J connectivity index is 1.48. The first kappa shape index (κ1) is 25.4. The van der Waals surface area contributed by atoms with Gasteiger partial charge < -0.3 is 25.0 Å². The molecule has 4 rings (SSSR count). The molecule has 0 radical (unpaired) electrons. The zero-order valence-corrected chi connectivity index (χ0v) is 21.8. The second-order valence-corrected chi connectivity index (χ2v) is 11.0. The monoisotopic (exact) mass is 579 g/mol. The van der Waals surface area contributed by atoms with E-state index in [1.165, 1.54) is 11.3 Å². The molecule has 0 unspecified atom stereocenters. The van der Waals surface area contributed by atoms with Gasteiger partial charge in [-0.25, -0.2) is 4.79 Å². The first-order valence-electron chi connectivity index (χ1n) is 11.1. The minimum absolute atomic E-state index is 0.321. The number of nitriles is 1. The van der Waals surface area contributed by atoms with Crippen LogP contribution >= 0.6 is 38.9 Å². The lowest BCUT2D eigenvalue weighted by molar-refractivity contribution is -0.122. The normalized spacial score (nSPS) is 18.5. The Morgan fingerprint density at radius 2 is 2.06 bits per heavy atom. The molecule has 12 heteroatoms. The predicted molar refractivity (Wildman–Crippen MR) is 138 cm³/mol. The van der Waals surface area contributed by atoms with Crippen LogP contribution in [0.3, 0.4) is 0 Å². The summed E-state index contributed by atoms with van der Waals surface area (Å²) in [6.45, 7) is 1.46. The Labute approximate surface area is 220 Å². The van der Waals surface area contributed by atoms with E-state index < -0.39 is 11.6 Å². The van der Waals surface area contributed by atoms with E-state index in [4.69, 9.17) is 26.3 Å². The van der Waals surface area contributed by atoms with Gasteiger partial charge in [0, 0.05) is 18.7 Å². The van der Waals surface area contributed by atoms with Crippen molar-refractivity contribution in [1.29, 1.82) is 5.26 Å². The SMILES string of the molecule is N#CN=C1CCOCCN1c1ccc(NC(=O)C2(NC(=O)Oc3ccc(Br)s3)CCCC2)cc1Cl. The maximum Gasteiger partial charge on any atom is 0.414 e. The van der Waals surface area contributed by atoms with Crippen molar-refractivity contribution >= 4 is 68.1 Å². The third kappa shape index (κ3) is 6.13. The summed E-state index contributed by atoms with van der Waals surface area (Å²) in [7, 11) is 0. The van der Waals surface area contributed by atoms with E-state index in [9.17, 15) is 9.59 Å². The number of hydrogen-bond acceptors (Lipinski definition) is 7. The van der Waals surface area contributed by atoms with Gasteiger partial charge in [-0.2, -0.15) is 10.3 Å². The lowest BCUT2D eigenvalue weighted by Gasteiger charge is -2.29. The fraction of sp³-hybridized carbons (Fsp3) is 0.391. The van der Waals surface area contributed by atoms with Gasteiger partial charge in [-0.05, 0) is 59.1 Å². The number of aliphatic imine (C=N–C) groups is 1. The predicted octanol–water partition coefficient (Wildman–Crippen LogP) is 5.31. The smallest absolute Gasteiger partial charge is 0.399 e. The van der Waals surface area contributed by atoms with Crippen LogP contribution in [0.1, 0.15) is 32.1 Å². The van der Waals surface area contributed by atoms with Crippen LogP contribution in [0.25, 0.3) is 0 Å². The molecular weight excluding hydrogens is 558 g/mol. The Morgan fingerprint density at radius 1 is 1.26 bits per heavy atom. The number of nitrogens with zero attached hydrogens (tertiary/aromatic N) is 3. The van der Waals surface area contributed by atoms with E-state index in [2.05, 4.69) is 31.6 Å². The van der Waals surface area contributed by atoms with E-state index >= 15 is 0 Å². The van der Waals surface area contributed by atoms with Gasteiger partial charge in [0.25, 0.3) is 0 Å². The number of rotatable bonds is 5. The van der Waals surface area contributed by atoms with Crippen LogP contribution < -0.4 is 20.3 Å². The van der Waals surface area contributed by atoms with Gasteiger partial charge >= 0.3 is 6.09 Å². The molecular formula is C23H23BrClN5O4S. The van der Waals surface area contributed by atoms with Crippen LogP contribution in [0.2, 0.25) is 5.02 Å². The van der Waals surface area contributed by atoms with Crippen LogP contribution in [-0.2, 0) is 9.53 Å². The van der Waals surface area contributed by atoms with Gasteiger partial charge in [-0.15, -0.1) is 0 Å². The molecule has 0 bridgehead atoms. The highest BCUT2D eigenvalue weighted by Gasteiger charge is 2.43. The molecule has 2 amide bonds. The number of benzene rings is 1. The van der Waals surface area contributed by atoms with Crippen LogP contribution in [0.4, 0.5) is 16.2 Å². The van der Waals surface area contributed by atoms with Gasteiger partial charge in [0.15, 0.2) is 5.06 Å². The lowest BCUT2D eigenvalue weighted by Crippen LogP contribution is -2.55. The van der Waals surface area contributed by atoms with Crippen LogP contribution in [-0.4, -0.2) is 43.1 Å². The van der Waals surface area contributed by atoms with Crippen LogP contribution in [0, 0.1) is 11.5 Å². The second-order valence-electron chi connectivity index (χ2n) is 8.12. The number of halogens is 2. The fourth-order valence-corrected chi connectivity index (χ4v) is 5.70. The standard InChI is InChI=1S/C23H23BrClN5O4S/c24-18-5-6-20(35-18)34-22(32)29-23(8-1-2-9-23)21(31)28-15-3-4-17(16(25)13-15)30-10-12-33-11-7-19(30)27-14-26/h3-6,13H,1-2,7-12H2,(H,28,31)(H,29,32). The number of carbonyl (C=O) groups excluding carboxylic acids is 2. The van der Waals surface area contributed by atoms with Crippen molar-refractivity contribution in [1.82, 2.24) is 5.32 Å². The molecule has 9 nitrogen and oxygen atoms in total. The molecule has 2 aromatic rings. The third-order valence-corrected chi connectivity index (χ3v) is 7.70. The highest BCUT2D eigenvalue weighted by Crippen LogP contribution is 2.34. The molecule has 0 spiro atoms. The van der Waals surface area contributed by atoms with E-state index in [0.717, 1.165) is 16.6 Å². The number of ether oxygens (including phenoxy) is 2. The Morgan fingerprint density at radius 3 is 2.74 bits per heavy atom. The molecule has 1 saturated heterocycles. The van der Waals surface area contributed by atoms with Crippen LogP contribution in [0.15, 0.2) is 39.1 Å². The number of hydrogen-bond donors (Lipinski definition) is 2. The third-order valence-electron chi connectivity index (χ3n) is 5.89. The van der Waals surface area contributed by atoms with Gasteiger partial charge in [-0.1, -0.05) is 35.8 Å². The molecule has 1 aromatic heterocycles. The molecule has 184 valence electrons. The highest BCUT2D eigenvalue weighted by atomic mass is 79.9. The summed E-state index contributed by atoms with van der Waals surface area (Å²) in [4.78, 5) is 31.6. The van der Waals surface area contributed by atoms with Crippen molar-refractivity contribution in [3.8, 4) is 11.3 Å².